The average molecular weight is 441 g/mol. The van der Waals surface area contributed by atoms with E-state index in [2.05, 4.69) is 27.2 Å². The average Bonchev–Trinajstić information content (AvgIpc) is 2.80. The third kappa shape index (κ3) is 5.09. The lowest BCUT2D eigenvalue weighted by Gasteiger charge is -2.39. The number of aryl methyl sites for hydroxylation is 1. The maximum atomic E-state index is 13.2. The van der Waals surface area contributed by atoms with E-state index in [4.69, 9.17) is 11.6 Å². The summed E-state index contributed by atoms with van der Waals surface area (Å²) in [6, 6.07) is 15.3. The minimum Gasteiger partial charge on any atom is -0.324 e. The van der Waals surface area contributed by atoms with Crippen LogP contribution in [0.3, 0.4) is 0 Å². The number of carbonyl (C=O) groups excluding carboxylic acids is 2. The molecule has 2 aliphatic rings. The topological polar surface area (TPSA) is 55.9 Å². The SMILES string of the molecule is CC(C(=O)N1CCCc2ccccc21)N1CCN(CC(=O)Nc2ccccc2Cl)CC1. The molecule has 2 heterocycles. The first-order chi connectivity index (χ1) is 15.0. The van der Waals surface area contributed by atoms with Gasteiger partial charge in [-0.3, -0.25) is 19.4 Å². The molecule has 2 amide bonds. The summed E-state index contributed by atoms with van der Waals surface area (Å²) in [5, 5.41) is 3.41. The zero-order valence-electron chi connectivity index (χ0n) is 17.9. The van der Waals surface area contributed by atoms with Gasteiger partial charge in [0.05, 0.1) is 23.3 Å². The molecule has 0 aromatic heterocycles. The van der Waals surface area contributed by atoms with E-state index in [1.165, 1.54) is 5.56 Å². The number of hydrogen-bond donors (Lipinski definition) is 1. The number of amides is 2. The normalized spacial score (nSPS) is 18.3. The molecule has 0 spiro atoms. The largest absolute Gasteiger partial charge is 0.324 e. The molecule has 0 aliphatic carbocycles. The first kappa shape index (κ1) is 21.8. The Morgan fingerprint density at radius 2 is 1.71 bits per heavy atom. The van der Waals surface area contributed by atoms with E-state index < -0.39 is 0 Å². The van der Waals surface area contributed by atoms with Gasteiger partial charge >= 0.3 is 0 Å². The summed E-state index contributed by atoms with van der Waals surface area (Å²) in [6.07, 6.45) is 2.03. The first-order valence-electron chi connectivity index (χ1n) is 10.9. The summed E-state index contributed by atoms with van der Waals surface area (Å²) >= 11 is 6.12. The van der Waals surface area contributed by atoms with Gasteiger partial charge in [-0.15, -0.1) is 0 Å². The zero-order valence-corrected chi connectivity index (χ0v) is 18.6. The van der Waals surface area contributed by atoms with Crippen LogP contribution in [0.1, 0.15) is 18.9 Å². The summed E-state index contributed by atoms with van der Waals surface area (Å²) in [4.78, 5) is 31.9. The molecule has 1 atom stereocenters. The quantitative estimate of drug-likeness (QED) is 0.775. The van der Waals surface area contributed by atoms with Crippen molar-refractivity contribution in [3.63, 3.8) is 0 Å². The number of fused-ring (bicyclic) bond motifs is 1. The lowest BCUT2D eigenvalue weighted by atomic mass is 10.0. The maximum Gasteiger partial charge on any atom is 0.244 e. The number of hydrogen-bond acceptors (Lipinski definition) is 4. The monoisotopic (exact) mass is 440 g/mol. The fourth-order valence-electron chi connectivity index (χ4n) is 4.41. The van der Waals surface area contributed by atoms with Crippen molar-refractivity contribution in [3.05, 3.63) is 59.1 Å². The van der Waals surface area contributed by atoms with Crippen LogP contribution in [0.2, 0.25) is 5.02 Å². The highest BCUT2D eigenvalue weighted by atomic mass is 35.5. The van der Waals surface area contributed by atoms with Crippen molar-refractivity contribution in [2.45, 2.75) is 25.8 Å². The van der Waals surface area contributed by atoms with E-state index in [0.717, 1.165) is 51.3 Å². The van der Waals surface area contributed by atoms with Crippen molar-refractivity contribution in [2.24, 2.45) is 0 Å². The van der Waals surface area contributed by atoms with Crippen LogP contribution < -0.4 is 10.2 Å². The van der Waals surface area contributed by atoms with E-state index in [0.29, 0.717) is 17.3 Å². The van der Waals surface area contributed by atoms with Gasteiger partial charge in [0.15, 0.2) is 0 Å². The molecule has 2 aromatic carbocycles. The summed E-state index contributed by atoms with van der Waals surface area (Å²) < 4.78 is 0. The van der Waals surface area contributed by atoms with Crippen LogP contribution in [0.15, 0.2) is 48.5 Å². The zero-order chi connectivity index (χ0) is 21.8. The summed E-state index contributed by atoms with van der Waals surface area (Å²) in [7, 11) is 0. The van der Waals surface area contributed by atoms with Crippen LogP contribution in [0.25, 0.3) is 0 Å². The molecule has 164 valence electrons. The van der Waals surface area contributed by atoms with Crippen molar-refractivity contribution in [1.82, 2.24) is 9.80 Å². The molecular formula is C24H29ClN4O2. The molecule has 2 aliphatic heterocycles. The van der Waals surface area contributed by atoms with Crippen molar-refractivity contribution in [2.75, 3.05) is 49.5 Å². The fourth-order valence-corrected chi connectivity index (χ4v) is 4.59. The van der Waals surface area contributed by atoms with Gasteiger partial charge in [0, 0.05) is 38.4 Å². The maximum absolute atomic E-state index is 13.2. The standard InChI is InChI=1S/C24H29ClN4O2/c1-18(24(31)29-12-6-8-19-7-2-5-11-22(19)29)28-15-13-27(14-16-28)17-23(30)26-21-10-4-3-9-20(21)25/h2-5,7,9-11,18H,6,8,12-17H2,1H3,(H,26,30). The Labute approximate surface area is 188 Å². The molecule has 0 radical (unpaired) electrons. The molecule has 6 nitrogen and oxygen atoms in total. The van der Waals surface area contributed by atoms with Gasteiger partial charge in [0.1, 0.15) is 0 Å². The molecule has 7 heteroatoms. The number of halogens is 1. The second-order valence-corrected chi connectivity index (χ2v) is 8.65. The van der Waals surface area contributed by atoms with Crippen LogP contribution in [0.4, 0.5) is 11.4 Å². The van der Waals surface area contributed by atoms with Gasteiger partial charge in [-0.2, -0.15) is 0 Å². The highest BCUT2D eigenvalue weighted by molar-refractivity contribution is 6.33. The Bertz CT molecular complexity index is 943. The third-order valence-electron chi connectivity index (χ3n) is 6.20. The molecule has 31 heavy (non-hydrogen) atoms. The Balaban J connectivity index is 1.29. The molecule has 4 rings (SSSR count). The van der Waals surface area contributed by atoms with E-state index >= 15 is 0 Å². The number of para-hydroxylation sites is 2. The fraction of sp³-hybridized carbons (Fsp3) is 0.417. The number of benzene rings is 2. The minimum atomic E-state index is -0.176. The van der Waals surface area contributed by atoms with Crippen molar-refractivity contribution in [3.8, 4) is 0 Å². The number of piperazine rings is 1. The number of nitrogens with one attached hydrogen (secondary N) is 1. The summed E-state index contributed by atoms with van der Waals surface area (Å²) in [6.45, 7) is 6.14. The number of nitrogens with zero attached hydrogens (tertiary/aromatic N) is 3. The smallest absolute Gasteiger partial charge is 0.244 e. The van der Waals surface area contributed by atoms with E-state index in [1.54, 1.807) is 12.1 Å². The van der Waals surface area contributed by atoms with Crippen LogP contribution in [0.5, 0.6) is 0 Å². The van der Waals surface area contributed by atoms with Gasteiger partial charge in [-0.1, -0.05) is 41.9 Å². The Hall–Kier alpha value is -2.41. The van der Waals surface area contributed by atoms with Gasteiger partial charge < -0.3 is 10.2 Å². The van der Waals surface area contributed by atoms with Crippen molar-refractivity contribution >= 4 is 34.8 Å². The van der Waals surface area contributed by atoms with Gasteiger partial charge in [0.2, 0.25) is 11.8 Å². The highest BCUT2D eigenvalue weighted by Gasteiger charge is 2.31. The van der Waals surface area contributed by atoms with Crippen LogP contribution in [-0.4, -0.2) is 66.9 Å². The van der Waals surface area contributed by atoms with E-state index in [1.807, 2.05) is 36.1 Å². The molecule has 1 N–H and O–H groups in total. The van der Waals surface area contributed by atoms with Crippen molar-refractivity contribution < 1.29 is 9.59 Å². The molecule has 1 saturated heterocycles. The predicted molar refractivity (Wildman–Crippen MR) is 125 cm³/mol. The Kier molecular flexibility index (Phi) is 6.90. The second kappa shape index (κ2) is 9.81. The van der Waals surface area contributed by atoms with E-state index in [9.17, 15) is 9.59 Å². The number of carbonyl (C=O) groups is 2. The summed E-state index contributed by atoms with van der Waals surface area (Å²) in [5.41, 5.74) is 2.94. The molecule has 1 fully saturated rings. The van der Waals surface area contributed by atoms with Gasteiger partial charge in [-0.25, -0.2) is 0 Å². The molecule has 1 unspecified atom stereocenters. The van der Waals surface area contributed by atoms with Crippen LogP contribution >= 0.6 is 11.6 Å². The highest BCUT2D eigenvalue weighted by Crippen LogP contribution is 2.28. The summed E-state index contributed by atoms with van der Waals surface area (Å²) in [5.74, 6) is 0.0904. The second-order valence-electron chi connectivity index (χ2n) is 8.24. The van der Waals surface area contributed by atoms with E-state index in [-0.39, 0.29) is 17.9 Å². The molecule has 0 bridgehead atoms. The van der Waals surface area contributed by atoms with Gasteiger partial charge in [0.25, 0.3) is 0 Å². The molecule has 2 aromatic rings. The Morgan fingerprint density at radius 1 is 1.00 bits per heavy atom. The van der Waals surface area contributed by atoms with Crippen LogP contribution in [0, 0.1) is 0 Å². The van der Waals surface area contributed by atoms with Gasteiger partial charge in [-0.05, 0) is 43.5 Å². The third-order valence-corrected chi connectivity index (χ3v) is 6.53. The lowest BCUT2D eigenvalue weighted by Crippen LogP contribution is -2.56. The number of anilines is 2. The predicted octanol–water partition coefficient (Wildman–Crippen LogP) is 3.26. The molecule has 0 saturated carbocycles. The minimum absolute atomic E-state index is 0.0735. The number of rotatable bonds is 5. The van der Waals surface area contributed by atoms with Crippen LogP contribution in [-0.2, 0) is 16.0 Å². The molecular weight excluding hydrogens is 412 g/mol. The van der Waals surface area contributed by atoms with Crippen molar-refractivity contribution in [1.29, 1.82) is 0 Å². The first-order valence-corrected chi connectivity index (χ1v) is 11.3. The lowest BCUT2D eigenvalue weighted by molar-refractivity contribution is -0.125. The Morgan fingerprint density at radius 3 is 2.48 bits per heavy atom.